The second-order valence-corrected chi connectivity index (χ2v) is 10.4. The number of aromatic hydroxyl groups is 1. The van der Waals surface area contributed by atoms with Gasteiger partial charge >= 0.3 is 0 Å². The van der Waals surface area contributed by atoms with Crippen LogP contribution in [0, 0.1) is 0 Å². The quantitative estimate of drug-likeness (QED) is 0.256. The Hall–Kier alpha value is -4.76. The van der Waals surface area contributed by atoms with Gasteiger partial charge in [-0.3, -0.25) is 9.10 Å². The molecule has 38 heavy (non-hydrogen) atoms. The van der Waals surface area contributed by atoms with Gasteiger partial charge in [-0.2, -0.15) is 0 Å². The highest BCUT2D eigenvalue weighted by atomic mass is 32.2. The molecule has 0 saturated carbocycles. The van der Waals surface area contributed by atoms with Crippen molar-refractivity contribution < 1.29 is 18.3 Å². The van der Waals surface area contributed by atoms with E-state index in [9.17, 15) is 18.3 Å². The molecular formula is C29H24N4O4S. The SMILES string of the molecule is Cn1c(O)c(N=NC(=O)c2ccccc2N(Cc2ccccc2)S(=O)(=O)c2ccccc2)c2ccccc21. The molecule has 9 heteroatoms. The van der Waals surface area contributed by atoms with Gasteiger partial charge in [0, 0.05) is 12.4 Å². The van der Waals surface area contributed by atoms with E-state index in [-0.39, 0.29) is 34.3 Å². The third kappa shape index (κ3) is 4.67. The molecule has 0 aliphatic carbocycles. The van der Waals surface area contributed by atoms with E-state index in [0.717, 1.165) is 11.1 Å². The van der Waals surface area contributed by atoms with Crippen molar-refractivity contribution in [2.45, 2.75) is 11.4 Å². The lowest BCUT2D eigenvalue weighted by atomic mass is 10.1. The molecule has 0 atom stereocenters. The van der Waals surface area contributed by atoms with Gasteiger partial charge in [0.25, 0.3) is 15.9 Å². The first-order valence-corrected chi connectivity index (χ1v) is 13.2. The van der Waals surface area contributed by atoms with Crippen LogP contribution in [0.5, 0.6) is 5.88 Å². The van der Waals surface area contributed by atoms with Crippen LogP contribution < -0.4 is 4.31 Å². The number of carbonyl (C=O) groups excluding carboxylic acids is 1. The molecule has 5 rings (SSSR count). The van der Waals surface area contributed by atoms with Crippen molar-refractivity contribution in [3.05, 3.63) is 120 Å². The second-order valence-electron chi connectivity index (χ2n) is 8.58. The minimum Gasteiger partial charge on any atom is -0.493 e. The topological polar surface area (TPSA) is 104 Å². The standard InChI is InChI=1S/C29H24N4O4S/c1-32-25-18-10-8-16-23(25)27(29(32)35)30-31-28(34)24-17-9-11-19-26(24)33(20-21-12-4-2-5-13-21)38(36,37)22-14-6-3-7-15-22/h2-19,35H,20H2,1H3. The number of benzene rings is 4. The predicted molar refractivity (Wildman–Crippen MR) is 146 cm³/mol. The fourth-order valence-electron chi connectivity index (χ4n) is 4.25. The van der Waals surface area contributed by atoms with E-state index in [1.54, 1.807) is 60.1 Å². The molecule has 0 fully saturated rings. The van der Waals surface area contributed by atoms with Crippen LogP contribution in [0.4, 0.5) is 11.4 Å². The van der Waals surface area contributed by atoms with Crippen molar-refractivity contribution in [1.82, 2.24) is 4.57 Å². The largest absolute Gasteiger partial charge is 0.493 e. The molecule has 0 bridgehead atoms. The van der Waals surface area contributed by atoms with Crippen LogP contribution in [0.3, 0.4) is 0 Å². The fraction of sp³-hybridized carbons (Fsp3) is 0.0690. The summed E-state index contributed by atoms with van der Waals surface area (Å²) in [4.78, 5) is 13.4. The maximum atomic E-state index is 13.8. The maximum Gasteiger partial charge on any atom is 0.297 e. The monoisotopic (exact) mass is 524 g/mol. The molecule has 0 unspecified atom stereocenters. The van der Waals surface area contributed by atoms with Crippen molar-refractivity contribution in [2.75, 3.05) is 4.31 Å². The lowest BCUT2D eigenvalue weighted by Gasteiger charge is -2.26. The summed E-state index contributed by atoms with van der Waals surface area (Å²) >= 11 is 0. The van der Waals surface area contributed by atoms with Crippen molar-refractivity contribution in [3.63, 3.8) is 0 Å². The number of azo groups is 1. The van der Waals surface area contributed by atoms with Gasteiger partial charge in [0.2, 0.25) is 5.88 Å². The first-order chi connectivity index (χ1) is 18.4. The number of rotatable bonds is 7. The van der Waals surface area contributed by atoms with Gasteiger partial charge < -0.3 is 9.67 Å². The lowest BCUT2D eigenvalue weighted by Crippen LogP contribution is -2.31. The number of carbonyl (C=O) groups is 1. The minimum absolute atomic E-state index is 0.00359. The van der Waals surface area contributed by atoms with Gasteiger partial charge in [-0.1, -0.05) is 78.9 Å². The zero-order chi connectivity index (χ0) is 26.7. The Bertz CT molecular complexity index is 1750. The Morgan fingerprint density at radius 3 is 2.18 bits per heavy atom. The molecule has 0 radical (unpaired) electrons. The highest BCUT2D eigenvalue weighted by Gasteiger charge is 2.28. The van der Waals surface area contributed by atoms with Crippen LogP contribution in [-0.4, -0.2) is 24.0 Å². The molecule has 1 heterocycles. The Morgan fingerprint density at radius 1 is 0.842 bits per heavy atom. The van der Waals surface area contributed by atoms with Crippen molar-refractivity contribution >= 4 is 38.2 Å². The number of hydrogen-bond acceptors (Lipinski definition) is 5. The van der Waals surface area contributed by atoms with Crippen LogP contribution >= 0.6 is 0 Å². The number of aromatic nitrogens is 1. The van der Waals surface area contributed by atoms with E-state index in [1.807, 2.05) is 42.5 Å². The molecular weight excluding hydrogens is 500 g/mol. The molecule has 190 valence electrons. The molecule has 0 aliphatic rings. The van der Waals surface area contributed by atoms with E-state index >= 15 is 0 Å². The molecule has 4 aromatic carbocycles. The zero-order valence-electron chi connectivity index (χ0n) is 20.5. The number of sulfonamides is 1. The van der Waals surface area contributed by atoms with Crippen molar-refractivity contribution in [3.8, 4) is 5.88 Å². The summed E-state index contributed by atoms with van der Waals surface area (Å²) in [5, 5.41) is 19.1. The van der Waals surface area contributed by atoms with Gasteiger partial charge in [-0.05, 0) is 35.9 Å². The zero-order valence-corrected chi connectivity index (χ0v) is 21.3. The normalized spacial score (nSPS) is 11.7. The van der Waals surface area contributed by atoms with Crippen molar-refractivity contribution in [2.24, 2.45) is 17.3 Å². The second kappa shape index (κ2) is 10.3. The van der Waals surface area contributed by atoms with Crippen LogP contribution in [0.15, 0.2) is 124 Å². The third-order valence-electron chi connectivity index (χ3n) is 6.19. The number of nitrogens with zero attached hydrogens (tertiary/aromatic N) is 4. The summed E-state index contributed by atoms with van der Waals surface area (Å²) in [6.45, 7) is 0.00359. The highest BCUT2D eigenvalue weighted by molar-refractivity contribution is 7.92. The van der Waals surface area contributed by atoms with Crippen LogP contribution in [-0.2, 0) is 23.6 Å². The number of para-hydroxylation sites is 2. The average molecular weight is 525 g/mol. The Morgan fingerprint density at radius 2 is 1.45 bits per heavy atom. The maximum absolute atomic E-state index is 13.8. The molecule has 8 nitrogen and oxygen atoms in total. The van der Waals surface area contributed by atoms with Gasteiger partial charge in [-0.25, -0.2) is 8.42 Å². The molecule has 0 aliphatic heterocycles. The molecule has 1 N–H and O–H groups in total. The third-order valence-corrected chi connectivity index (χ3v) is 7.97. The highest BCUT2D eigenvalue weighted by Crippen LogP contribution is 2.38. The molecule has 1 amide bonds. The summed E-state index contributed by atoms with van der Waals surface area (Å²) < 4.78 is 30.4. The first-order valence-electron chi connectivity index (χ1n) is 11.8. The molecule has 0 saturated heterocycles. The summed E-state index contributed by atoms with van der Waals surface area (Å²) in [7, 11) is -2.36. The lowest BCUT2D eigenvalue weighted by molar-refractivity contribution is 0.0995. The van der Waals surface area contributed by atoms with E-state index in [4.69, 9.17) is 0 Å². The predicted octanol–water partition coefficient (Wildman–Crippen LogP) is 6.20. The molecule has 5 aromatic rings. The van der Waals surface area contributed by atoms with Gasteiger partial charge in [0.1, 0.15) is 0 Å². The Balaban J connectivity index is 1.58. The van der Waals surface area contributed by atoms with Gasteiger partial charge in [0.15, 0.2) is 5.69 Å². The van der Waals surface area contributed by atoms with E-state index < -0.39 is 15.9 Å². The number of fused-ring (bicyclic) bond motifs is 1. The summed E-state index contributed by atoms with van der Waals surface area (Å²) in [5.41, 5.74) is 1.87. The van der Waals surface area contributed by atoms with E-state index in [2.05, 4.69) is 10.2 Å². The Labute approximate surface area is 220 Å². The van der Waals surface area contributed by atoms with E-state index in [1.165, 1.54) is 22.5 Å². The molecule has 0 spiro atoms. The van der Waals surface area contributed by atoms with Crippen LogP contribution in [0.25, 0.3) is 10.9 Å². The smallest absolute Gasteiger partial charge is 0.297 e. The molecule has 1 aromatic heterocycles. The number of amides is 1. The van der Waals surface area contributed by atoms with Crippen LogP contribution in [0.1, 0.15) is 15.9 Å². The van der Waals surface area contributed by atoms with Crippen molar-refractivity contribution in [1.29, 1.82) is 0 Å². The fourth-order valence-corrected chi connectivity index (χ4v) is 5.74. The van der Waals surface area contributed by atoms with Gasteiger partial charge in [-0.15, -0.1) is 10.2 Å². The summed E-state index contributed by atoms with van der Waals surface area (Å²) in [5.74, 6) is -0.873. The number of aryl methyl sites for hydroxylation is 1. The summed E-state index contributed by atoms with van der Waals surface area (Å²) in [6.07, 6.45) is 0. The first kappa shape index (κ1) is 24.9. The number of anilines is 1. The minimum atomic E-state index is -4.04. The average Bonchev–Trinajstić information content (AvgIpc) is 3.20. The van der Waals surface area contributed by atoms with Gasteiger partial charge in [0.05, 0.1) is 28.2 Å². The summed E-state index contributed by atoms with van der Waals surface area (Å²) in [6, 6.07) is 30.8. The van der Waals surface area contributed by atoms with Crippen LogP contribution in [0.2, 0.25) is 0 Å². The Kier molecular flexibility index (Phi) is 6.76. The van der Waals surface area contributed by atoms with E-state index in [0.29, 0.717) is 5.39 Å². The number of hydrogen-bond donors (Lipinski definition) is 1.